The van der Waals surface area contributed by atoms with Crippen LogP contribution in [0.1, 0.15) is 30.0 Å². The number of carbonyl (C=O) groups excluding carboxylic acids is 1. The van der Waals surface area contributed by atoms with E-state index in [1.165, 1.54) is 24.3 Å². The standard InChI is InChI=1S/C16H18FN3O3/c1-11-9-18-20(10-11)7-6-15(21)19-14(8-16(22)23)12-2-4-13(17)5-3-12/h2-5,9-10,14H,6-8H2,1H3,(H,19,21)(H,22,23)/t14-/m1/s1. The first-order valence-corrected chi connectivity index (χ1v) is 7.19. The molecule has 1 atom stereocenters. The summed E-state index contributed by atoms with van der Waals surface area (Å²) in [7, 11) is 0. The minimum atomic E-state index is -1.04. The van der Waals surface area contributed by atoms with Gasteiger partial charge in [-0.2, -0.15) is 5.10 Å². The van der Waals surface area contributed by atoms with Crippen molar-refractivity contribution in [2.45, 2.75) is 32.4 Å². The average molecular weight is 319 g/mol. The van der Waals surface area contributed by atoms with Gasteiger partial charge in [-0.15, -0.1) is 0 Å². The second-order valence-corrected chi connectivity index (χ2v) is 5.30. The fraction of sp³-hybridized carbons (Fsp3) is 0.312. The number of hydrogen-bond donors (Lipinski definition) is 2. The van der Waals surface area contributed by atoms with Crippen LogP contribution in [-0.2, 0) is 16.1 Å². The Morgan fingerprint density at radius 1 is 1.35 bits per heavy atom. The molecule has 0 aliphatic heterocycles. The summed E-state index contributed by atoms with van der Waals surface area (Å²) in [4.78, 5) is 23.0. The number of carboxylic acid groups (broad SMARTS) is 1. The van der Waals surface area contributed by atoms with Gasteiger partial charge in [0.15, 0.2) is 0 Å². The SMILES string of the molecule is Cc1cnn(CCC(=O)N[C@H](CC(=O)O)c2ccc(F)cc2)c1. The molecule has 0 aliphatic carbocycles. The van der Waals surface area contributed by atoms with Crippen LogP contribution in [0.3, 0.4) is 0 Å². The van der Waals surface area contributed by atoms with Gasteiger partial charge in [-0.25, -0.2) is 4.39 Å². The molecule has 2 N–H and O–H groups in total. The molecule has 23 heavy (non-hydrogen) atoms. The van der Waals surface area contributed by atoms with Crippen molar-refractivity contribution < 1.29 is 19.1 Å². The number of nitrogens with zero attached hydrogens (tertiary/aromatic N) is 2. The van der Waals surface area contributed by atoms with Crippen molar-refractivity contribution in [1.82, 2.24) is 15.1 Å². The van der Waals surface area contributed by atoms with Gasteiger partial charge in [0, 0.05) is 19.2 Å². The van der Waals surface area contributed by atoms with Crippen molar-refractivity contribution in [2.24, 2.45) is 0 Å². The van der Waals surface area contributed by atoms with E-state index in [1.807, 2.05) is 13.1 Å². The summed E-state index contributed by atoms with van der Waals surface area (Å²) in [5.41, 5.74) is 1.55. The lowest BCUT2D eigenvalue weighted by Gasteiger charge is -2.17. The zero-order valence-electron chi connectivity index (χ0n) is 12.7. The van der Waals surface area contributed by atoms with Gasteiger partial charge in [-0.3, -0.25) is 14.3 Å². The Bertz CT molecular complexity index is 682. The second kappa shape index (κ2) is 7.53. The lowest BCUT2D eigenvalue weighted by molar-refractivity contribution is -0.137. The van der Waals surface area contributed by atoms with Crippen LogP contribution in [0.4, 0.5) is 4.39 Å². The molecule has 0 aliphatic rings. The third-order valence-electron chi connectivity index (χ3n) is 3.32. The first kappa shape index (κ1) is 16.7. The van der Waals surface area contributed by atoms with Gasteiger partial charge in [0.2, 0.25) is 5.91 Å². The smallest absolute Gasteiger partial charge is 0.305 e. The number of amides is 1. The van der Waals surface area contributed by atoms with E-state index in [0.29, 0.717) is 12.1 Å². The van der Waals surface area contributed by atoms with E-state index in [9.17, 15) is 14.0 Å². The lowest BCUT2D eigenvalue weighted by Crippen LogP contribution is -2.30. The van der Waals surface area contributed by atoms with E-state index in [1.54, 1.807) is 10.9 Å². The molecule has 1 heterocycles. The van der Waals surface area contributed by atoms with Crippen LogP contribution in [0, 0.1) is 12.7 Å². The van der Waals surface area contributed by atoms with Gasteiger partial charge < -0.3 is 10.4 Å². The number of aliphatic carboxylic acids is 1. The molecule has 122 valence electrons. The third-order valence-corrected chi connectivity index (χ3v) is 3.32. The van der Waals surface area contributed by atoms with E-state index in [-0.39, 0.29) is 18.7 Å². The fourth-order valence-electron chi connectivity index (χ4n) is 2.19. The topological polar surface area (TPSA) is 84.2 Å². The van der Waals surface area contributed by atoms with Crippen LogP contribution in [0.5, 0.6) is 0 Å². The Morgan fingerprint density at radius 3 is 2.61 bits per heavy atom. The quantitative estimate of drug-likeness (QED) is 0.818. The summed E-state index contributed by atoms with van der Waals surface area (Å²) in [6, 6.07) is 4.73. The third kappa shape index (κ3) is 5.21. The number of benzene rings is 1. The molecular formula is C16H18FN3O3. The molecule has 0 radical (unpaired) electrons. The fourth-order valence-corrected chi connectivity index (χ4v) is 2.19. The molecule has 1 aromatic heterocycles. The normalized spacial score (nSPS) is 11.9. The zero-order valence-corrected chi connectivity index (χ0v) is 12.7. The van der Waals surface area contributed by atoms with Gasteiger partial charge in [-0.05, 0) is 30.2 Å². The highest BCUT2D eigenvalue weighted by Gasteiger charge is 2.18. The van der Waals surface area contributed by atoms with Crippen LogP contribution < -0.4 is 5.32 Å². The first-order chi connectivity index (χ1) is 10.9. The number of hydrogen-bond acceptors (Lipinski definition) is 3. The van der Waals surface area contributed by atoms with Gasteiger partial charge in [0.25, 0.3) is 0 Å². The number of aromatic nitrogens is 2. The summed E-state index contributed by atoms with van der Waals surface area (Å²) in [6.07, 6.45) is 3.43. The number of halogens is 1. The van der Waals surface area contributed by atoms with Gasteiger partial charge in [0.05, 0.1) is 18.7 Å². The Balaban J connectivity index is 1.97. The molecule has 2 rings (SSSR count). The molecule has 0 saturated carbocycles. The summed E-state index contributed by atoms with van der Waals surface area (Å²) in [6.45, 7) is 2.31. The predicted octanol–water partition coefficient (Wildman–Crippen LogP) is 2.05. The average Bonchev–Trinajstić information content (AvgIpc) is 2.90. The van der Waals surface area contributed by atoms with Crippen molar-refractivity contribution in [3.8, 4) is 0 Å². The Morgan fingerprint density at radius 2 is 2.04 bits per heavy atom. The van der Waals surface area contributed by atoms with Crippen LogP contribution >= 0.6 is 0 Å². The van der Waals surface area contributed by atoms with Crippen molar-refractivity contribution in [2.75, 3.05) is 0 Å². The highest BCUT2D eigenvalue weighted by Crippen LogP contribution is 2.17. The molecule has 0 fully saturated rings. The van der Waals surface area contributed by atoms with E-state index >= 15 is 0 Å². The monoisotopic (exact) mass is 319 g/mol. The number of nitrogens with one attached hydrogen (secondary N) is 1. The molecule has 0 bridgehead atoms. The number of carbonyl (C=O) groups is 2. The number of aryl methyl sites for hydroxylation is 2. The number of rotatable bonds is 7. The highest BCUT2D eigenvalue weighted by atomic mass is 19.1. The molecule has 0 unspecified atom stereocenters. The lowest BCUT2D eigenvalue weighted by atomic mass is 10.0. The van der Waals surface area contributed by atoms with E-state index in [2.05, 4.69) is 10.4 Å². The van der Waals surface area contributed by atoms with Crippen LogP contribution in [0.15, 0.2) is 36.7 Å². The van der Waals surface area contributed by atoms with Crippen LogP contribution in [0.2, 0.25) is 0 Å². The van der Waals surface area contributed by atoms with E-state index < -0.39 is 17.8 Å². The maximum absolute atomic E-state index is 13.0. The van der Waals surface area contributed by atoms with Gasteiger partial charge in [-0.1, -0.05) is 12.1 Å². The minimum absolute atomic E-state index is 0.179. The predicted molar refractivity (Wildman–Crippen MR) is 81.1 cm³/mol. The maximum atomic E-state index is 13.0. The largest absolute Gasteiger partial charge is 0.481 e. The summed E-state index contributed by atoms with van der Waals surface area (Å²) >= 11 is 0. The van der Waals surface area contributed by atoms with Crippen molar-refractivity contribution in [1.29, 1.82) is 0 Å². The Labute approximate surface area is 132 Å². The molecule has 0 saturated heterocycles. The second-order valence-electron chi connectivity index (χ2n) is 5.30. The highest BCUT2D eigenvalue weighted by molar-refractivity contribution is 5.77. The molecular weight excluding hydrogens is 301 g/mol. The molecule has 0 spiro atoms. The van der Waals surface area contributed by atoms with E-state index in [4.69, 9.17) is 5.11 Å². The molecule has 2 aromatic rings. The van der Waals surface area contributed by atoms with E-state index in [0.717, 1.165) is 5.56 Å². The molecule has 1 aromatic carbocycles. The number of carboxylic acids is 1. The Kier molecular flexibility index (Phi) is 5.46. The van der Waals surface area contributed by atoms with Crippen molar-refractivity contribution in [3.63, 3.8) is 0 Å². The molecule has 7 heteroatoms. The summed E-state index contributed by atoms with van der Waals surface area (Å²) < 4.78 is 14.6. The first-order valence-electron chi connectivity index (χ1n) is 7.19. The zero-order chi connectivity index (χ0) is 16.8. The van der Waals surface area contributed by atoms with Gasteiger partial charge >= 0.3 is 5.97 Å². The van der Waals surface area contributed by atoms with Crippen molar-refractivity contribution >= 4 is 11.9 Å². The molecule has 1 amide bonds. The molecule has 6 nitrogen and oxygen atoms in total. The van der Waals surface area contributed by atoms with Crippen LogP contribution in [-0.4, -0.2) is 26.8 Å². The maximum Gasteiger partial charge on any atom is 0.305 e. The van der Waals surface area contributed by atoms with Crippen LogP contribution in [0.25, 0.3) is 0 Å². The Hall–Kier alpha value is -2.70. The summed E-state index contributed by atoms with van der Waals surface area (Å²) in [5.74, 6) is -1.74. The minimum Gasteiger partial charge on any atom is -0.481 e. The van der Waals surface area contributed by atoms with Gasteiger partial charge in [0.1, 0.15) is 5.82 Å². The van der Waals surface area contributed by atoms with Crippen molar-refractivity contribution in [3.05, 3.63) is 53.6 Å². The summed E-state index contributed by atoms with van der Waals surface area (Å²) in [5, 5.41) is 15.7.